The molecule has 2 aromatic carbocycles. The Hall–Kier alpha value is -3.36. The first-order chi connectivity index (χ1) is 15.5. The average molecular weight is 445 g/mol. The number of imidazole rings is 1. The first-order valence-electron chi connectivity index (χ1n) is 10.7. The van der Waals surface area contributed by atoms with Crippen molar-refractivity contribution in [3.63, 3.8) is 0 Å². The number of rotatable bonds is 6. The van der Waals surface area contributed by atoms with E-state index in [9.17, 15) is 0 Å². The molecule has 0 N–H and O–H groups in total. The normalized spacial score (nSPS) is 15.1. The Balaban J connectivity index is 1.50. The summed E-state index contributed by atoms with van der Waals surface area (Å²) in [6, 6.07) is 12.2. The van der Waals surface area contributed by atoms with Crippen LogP contribution in [0, 0.1) is 12.3 Å². The molecule has 0 radical (unpaired) electrons. The maximum atomic E-state index is 6.58. The number of terminal acetylenes is 1. The zero-order chi connectivity index (χ0) is 22.4. The van der Waals surface area contributed by atoms with Gasteiger partial charge in [-0.15, -0.1) is 6.42 Å². The molecule has 162 valence electrons. The Morgan fingerprint density at radius 2 is 1.94 bits per heavy atom. The highest BCUT2D eigenvalue weighted by Gasteiger charge is 2.32. The van der Waals surface area contributed by atoms with Crippen LogP contribution in [0.3, 0.4) is 0 Å². The lowest BCUT2D eigenvalue weighted by atomic mass is 10.1. The second-order valence-corrected chi connectivity index (χ2v) is 8.78. The largest absolute Gasteiger partial charge is 0.481 e. The number of fused-ring (bicyclic) bond motifs is 1. The van der Waals surface area contributed by atoms with Gasteiger partial charge >= 0.3 is 0 Å². The Morgan fingerprint density at radius 3 is 2.69 bits per heavy atom. The van der Waals surface area contributed by atoms with Crippen molar-refractivity contribution in [1.82, 2.24) is 9.55 Å². The number of anilines is 2. The van der Waals surface area contributed by atoms with Crippen LogP contribution in [0.1, 0.15) is 30.0 Å². The molecular formula is C26H25ClN4O. The first kappa shape index (κ1) is 20.5. The van der Waals surface area contributed by atoms with Gasteiger partial charge in [-0.3, -0.25) is 0 Å². The molecule has 3 aromatic rings. The van der Waals surface area contributed by atoms with Crippen LogP contribution in [0.4, 0.5) is 11.4 Å². The van der Waals surface area contributed by atoms with E-state index < -0.39 is 0 Å². The van der Waals surface area contributed by atoms with E-state index in [1.165, 1.54) is 35.5 Å². The molecule has 6 heteroatoms. The third-order valence-electron chi connectivity index (χ3n) is 6.25. The molecule has 0 saturated heterocycles. The highest BCUT2D eigenvalue weighted by Crippen LogP contribution is 2.46. The molecule has 5 nitrogen and oxygen atoms in total. The van der Waals surface area contributed by atoms with E-state index in [4.69, 9.17) is 27.7 Å². The van der Waals surface area contributed by atoms with E-state index >= 15 is 0 Å². The lowest BCUT2D eigenvalue weighted by Crippen LogP contribution is -2.20. The van der Waals surface area contributed by atoms with Crippen LogP contribution in [0.25, 0.3) is 11.3 Å². The molecular weight excluding hydrogens is 420 g/mol. The van der Waals surface area contributed by atoms with Gasteiger partial charge in [0.1, 0.15) is 18.2 Å². The zero-order valence-corrected chi connectivity index (χ0v) is 19.1. The van der Waals surface area contributed by atoms with Crippen LogP contribution < -0.4 is 14.5 Å². The van der Waals surface area contributed by atoms with Crippen molar-refractivity contribution in [3.8, 4) is 29.4 Å². The summed E-state index contributed by atoms with van der Waals surface area (Å²) in [7, 11) is 4.10. The summed E-state index contributed by atoms with van der Waals surface area (Å²) in [4.78, 5) is 9.03. The minimum absolute atomic E-state index is 0.222. The molecule has 0 amide bonds. The Labute approximate surface area is 193 Å². The number of nitrogens with zero attached hydrogens (tertiary/aromatic N) is 4. The van der Waals surface area contributed by atoms with E-state index in [0.29, 0.717) is 16.7 Å². The molecule has 0 spiro atoms. The predicted molar refractivity (Wildman–Crippen MR) is 130 cm³/mol. The van der Waals surface area contributed by atoms with E-state index in [1.54, 1.807) is 0 Å². The number of halogens is 1. The van der Waals surface area contributed by atoms with Gasteiger partial charge in [-0.2, -0.15) is 0 Å². The van der Waals surface area contributed by atoms with Crippen LogP contribution in [-0.2, 0) is 6.54 Å². The van der Waals surface area contributed by atoms with Crippen molar-refractivity contribution in [2.75, 3.05) is 30.5 Å². The first-order valence-corrected chi connectivity index (χ1v) is 11.1. The fourth-order valence-corrected chi connectivity index (χ4v) is 4.54. The molecule has 1 saturated carbocycles. The molecule has 0 bridgehead atoms. The quantitative estimate of drug-likeness (QED) is 0.470. The van der Waals surface area contributed by atoms with Crippen LogP contribution in [0.5, 0.6) is 5.75 Å². The number of benzene rings is 2. The number of hydrogen-bond donors (Lipinski definition) is 0. The van der Waals surface area contributed by atoms with Gasteiger partial charge in [0.25, 0.3) is 0 Å². The lowest BCUT2D eigenvalue weighted by Gasteiger charge is -2.15. The fourth-order valence-electron chi connectivity index (χ4n) is 4.33. The van der Waals surface area contributed by atoms with Gasteiger partial charge in [-0.05, 0) is 48.7 Å². The zero-order valence-electron chi connectivity index (χ0n) is 18.3. The van der Waals surface area contributed by atoms with Crippen molar-refractivity contribution in [1.29, 1.82) is 0 Å². The maximum Gasteiger partial charge on any atom is 0.148 e. The van der Waals surface area contributed by atoms with Crippen molar-refractivity contribution in [2.24, 2.45) is 0 Å². The highest BCUT2D eigenvalue weighted by atomic mass is 35.5. The second kappa shape index (κ2) is 7.96. The van der Waals surface area contributed by atoms with E-state index in [2.05, 4.69) is 52.1 Å². The van der Waals surface area contributed by atoms with Gasteiger partial charge in [-0.25, -0.2) is 4.98 Å². The predicted octanol–water partition coefficient (Wildman–Crippen LogP) is 5.50. The Kier molecular flexibility index (Phi) is 5.11. The summed E-state index contributed by atoms with van der Waals surface area (Å²) in [6.07, 6.45) is 9.60. The maximum absolute atomic E-state index is 6.58. The van der Waals surface area contributed by atoms with Gasteiger partial charge < -0.3 is 19.1 Å². The average Bonchev–Trinajstić information content (AvgIpc) is 3.52. The van der Waals surface area contributed by atoms with Crippen molar-refractivity contribution < 1.29 is 4.74 Å². The van der Waals surface area contributed by atoms with Crippen LogP contribution in [0.2, 0.25) is 5.02 Å². The van der Waals surface area contributed by atoms with E-state index in [1.807, 2.05) is 31.6 Å². The third-order valence-corrected chi connectivity index (χ3v) is 6.58. The van der Waals surface area contributed by atoms with Crippen LogP contribution in [0.15, 0.2) is 55.1 Å². The van der Waals surface area contributed by atoms with Crippen molar-refractivity contribution in [2.45, 2.75) is 25.3 Å². The van der Waals surface area contributed by atoms with Crippen LogP contribution >= 0.6 is 11.6 Å². The molecule has 1 aromatic heterocycles. The molecule has 1 fully saturated rings. The monoisotopic (exact) mass is 444 g/mol. The summed E-state index contributed by atoms with van der Waals surface area (Å²) in [5, 5.41) is 0.658. The molecule has 32 heavy (non-hydrogen) atoms. The summed E-state index contributed by atoms with van der Waals surface area (Å²) in [6.45, 7) is 5.14. The van der Waals surface area contributed by atoms with Gasteiger partial charge in [0.15, 0.2) is 0 Å². The van der Waals surface area contributed by atoms with Crippen molar-refractivity contribution in [3.05, 3.63) is 71.4 Å². The SMILES string of the molecule is C#CCOc1ccc(Cl)c(-c2ncn(Cc3ccc4c(c3)N(C)C(=C)N4C)c2C2CC2)c1. The highest BCUT2D eigenvalue weighted by molar-refractivity contribution is 6.33. The summed E-state index contributed by atoms with van der Waals surface area (Å²) >= 11 is 6.58. The van der Waals surface area contributed by atoms with Gasteiger partial charge in [-0.1, -0.05) is 30.2 Å². The second-order valence-electron chi connectivity index (χ2n) is 8.37. The topological polar surface area (TPSA) is 33.5 Å². The van der Waals surface area contributed by atoms with Gasteiger partial charge in [0, 0.05) is 37.8 Å². The minimum Gasteiger partial charge on any atom is -0.481 e. The Bertz CT molecular complexity index is 1250. The summed E-state index contributed by atoms with van der Waals surface area (Å²) in [5.74, 6) is 4.68. The molecule has 5 rings (SSSR count). The number of ether oxygens (including phenoxy) is 1. The standard InChI is InChI=1S/C26H25ClN4O/c1-5-12-32-20-9-10-22(27)21(14-20)25-26(19-7-8-19)31(16-28-25)15-18-6-11-23-24(13-18)30(4)17(2)29(23)3/h1,6,9-11,13-14,16,19H,2,7-8,12,15H2,3-4H3. The molecule has 1 aliphatic heterocycles. The molecule has 2 heterocycles. The smallest absolute Gasteiger partial charge is 0.148 e. The lowest BCUT2D eigenvalue weighted by molar-refractivity contribution is 0.370. The fraction of sp³-hybridized carbons (Fsp3) is 0.269. The number of hydrogen-bond acceptors (Lipinski definition) is 4. The van der Waals surface area contributed by atoms with E-state index in [0.717, 1.165) is 23.6 Å². The summed E-state index contributed by atoms with van der Waals surface area (Å²) < 4.78 is 7.87. The Morgan fingerprint density at radius 1 is 1.16 bits per heavy atom. The molecule has 1 aliphatic carbocycles. The third kappa shape index (κ3) is 3.51. The minimum atomic E-state index is 0.222. The molecule has 0 atom stereocenters. The number of aromatic nitrogens is 2. The van der Waals surface area contributed by atoms with E-state index in [-0.39, 0.29) is 6.61 Å². The van der Waals surface area contributed by atoms with Gasteiger partial charge in [0.2, 0.25) is 0 Å². The molecule has 2 aliphatic rings. The molecule has 0 unspecified atom stereocenters. The van der Waals surface area contributed by atoms with Crippen LogP contribution in [-0.4, -0.2) is 30.3 Å². The summed E-state index contributed by atoms with van der Waals surface area (Å²) in [5.41, 5.74) is 6.61. The van der Waals surface area contributed by atoms with Gasteiger partial charge in [0.05, 0.1) is 28.4 Å². The van der Waals surface area contributed by atoms with Crippen molar-refractivity contribution >= 4 is 23.0 Å².